The van der Waals surface area contributed by atoms with Crippen molar-refractivity contribution in [3.05, 3.63) is 29.8 Å². The Bertz CT molecular complexity index is 519. The minimum absolute atomic E-state index is 0.00493. The van der Waals surface area contributed by atoms with Crippen LogP contribution in [0.1, 0.15) is 32.3 Å². The van der Waals surface area contributed by atoms with Gasteiger partial charge in [0.2, 0.25) is 11.8 Å². The molecule has 0 bridgehead atoms. The molecule has 4 N–H and O–H groups in total. The third kappa shape index (κ3) is 3.82. The number of benzene rings is 1. The average Bonchev–Trinajstić information content (AvgIpc) is 3.27. The molecule has 1 aromatic rings. The monoisotopic (exact) mass is 289 g/mol. The molecule has 0 unspecified atom stereocenters. The number of hydrogen-bond acceptors (Lipinski definition) is 3. The number of nitrogens with two attached hydrogens (primary N) is 1. The Hall–Kier alpha value is -1.88. The highest BCUT2D eigenvalue weighted by molar-refractivity contribution is 5.92. The van der Waals surface area contributed by atoms with Crippen molar-refractivity contribution in [1.29, 1.82) is 0 Å². The zero-order chi connectivity index (χ0) is 15.5. The van der Waals surface area contributed by atoms with Gasteiger partial charge >= 0.3 is 0 Å². The predicted octanol–water partition coefficient (Wildman–Crippen LogP) is 1.64. The lowest BCUT2D eigenvalue weighted by molar-refractivity contribution is -0.126. The second kappa shape index (κ2) is 6.26. The normalized spacial score (nSPS) is 15.6. The van der Waals surface area contributed by atoms with Crippen LogP contribution < -0.4 is 16.4 Å². The summed E-state index contributed by atoms with van der Waals surface area (Å²) < 4.78 is 0. The SMILES string of the molecule is CC(C)C(=O)Nc1ccc(CNC(=O)C2(CN)CC2)cc1. The molecule has 0 spiro atoms. The van der Waals surface area contributed by atoms with Gasteiger partial charge in [0, 0.05) is 24.7 Å². The Labute approximate surface area is 125 Å². The van der Waals surface area contributed by atoms with Gasteiger partial charge in [-0.05, 0) is 30.5 Å². The smallest absolute Gasteiger partial charge is 0.227 e. The first-order valence-electron chi connectivity index (χ1n) is 7.35. The first-order chi connectivity index (χ1) is 9.97. The van der Waals surface area contributed by atoms with Crippen LogP contribution in [0.4, 0.5) is 5.69 Å². The molecule has 21 heavy (non-hydrogen) atoms. The summed E-state index contributed by atoms with van der Waals surface area (Å²) >= 11 is 0. The van der Waals surface area contributed by atoms with Crippen LogP contribution >= 0.6 is 0 Å². The molecule has 5 nitrogen and oxygen atoms in total. The molecule has 0 saturated heterocycles. The summed E-state index contributed by atoms with van der Waals surface area (Å²) in [6, 6.07) is 7.49. The number of amides is 2. The van der Waals surface area contributed by atoms with Gasteiger partial charge in [-0.3, -0.25) is 9.59 Å². The van der Waals surface area contributed by atoms with E-state index in [-0.39, 0.29) is 23.1 Å². The highest BCUT2D eigenvalue weighted by Gasteiger charge is 2.48. The molecule has 1 saturated carbocycles. The molecule has 1 aliphatic carbocycles. The number of rotatable bonds is 6. The van der Waals surface area contributed by atoms with Gasteiger partial charge in [0.25, 0.3) is 0 Å². The van der Waals surface area contributed by atoms with Crippen LogP contribution in [0.15, 0.2) is 24.3 Å². The van der Waals surface area contributed by atoms with Crippen molar-refractivity contribution in [3.63, 3.8) is 0 Å². The summed E-state index contributed by atoms with van der Waals surface area (Å²) in [4.78, 5) is 23.6. The predicted molar refractivity (Wildman–Crippen MR) is 82.5 cm³/mol. The van der Waals surface area contributed by atoms with E-state index in [1.165, 1.54) is 0 Å². The van der Waals surface area contributed by atoms with Crippen molar-refractivity contribution in [3.8, 4) is 0 Å². The van der Waals surface area contributed by atoms with Crippen LogP contribution in [0.2, 0.25) is 0 Å². The molecular formula is C16H23N3O2. The number of hydrogen-bond donors (Lipinski definition) is 3. The third-order valence-corrected chi connectivity index (χ3v) is 3.92. The first kappa shape index (κ1) is 15.5. The highest BCUT2D eigenvalue weighted by atomic mass is 16.2. The van der Waals surface area contributed by atoms with Crippen molar-refractivity contribution >= 4 is 17.5 Å². The topological polar surface area (TPSA) is 84.2 Å². The van der Waals surface area contributed by atoms with Gasteiger partial charge in [-0.25, -0.2) is 0 Å². The quantitative estimate of drug-likeness (QED) is 0.744. The molecule has 0 aliphatic heterocycles. The van der Waals surface area contributed by atoms with Crippen LogP contribution in [0.5, 0.6) is 0 Å². The summed E-state index contributed by atoms with van der Waals surface area (Å²) in [7, 11) is 0. The fourth-order valence-corrected chi connectivity index (χ4v) is 2.04. The molecule has 1 aliphatic rings. The maximum atomic E-state index is 12.0. The summed E-state index contributed by atoms with van der Waals surface area (Å²) in [6.45, 7) is 4.60. The van der Waals surface area contributed by atoms with E-state index in [0.29, 0.717) is 13.1 Å². The molecule has 2 amide bonds. The minimum Gasteiger partial charge on any atom is -0.352 e. The Morgan fingerprint density at radius 2 is 1.86 bits per heavy atom. The fourth-order valence-electron chi connectivity index (χ4n) is 2.04. The first-order valence-corrected chi connectivity index (χ1v) is 7.35. The lowest BCUT2D eigenvalue weighted by atomic mass is 10.1. The second-order valence-electron chi connectivity index (χ2n) is 6.01. The Morgan fingerprint density at radius 1 is 1.24 bits per heavy atom. The molecule has 1 fully saturated rings. The number of carbonyl (C=O) groups excluding carboxylic acids is 2. The van der Waals surface area contributed by atoms with Crippen LogP contribution in [0.25, 0.3) is 0 Å². The van der Waals surface area contributed by atoms with Gasteiger partial charge in [0.15, 0.2) is 0 Å². The van der Waals surface area contributed by atoms with Crippen molar-refractivity contribution < 1.29 is 9.59 Å². The van der Waals surface area contributed by atoms with Crippen molar-refractivity contribution in [2.75, 3.05) is 11.9 Å². The van der Waals surface area contributed by atoms with Crippen molar-refractivity contribution in [2.45, 2.75) is 33.2 Å². The Balaban J connectivity index is 1.85. The van der Waals surface area contributed by atoms with E-state index in [1.807, 2.05) is 38.1 Å². The number of carbonyl (C=O) groups is 2. The van der Waals surface area contributed by atoms with E-state index in [1.54, 1.807) is 0 Å². The number of anilines is 1. The minimum atomic E-state index is -0.314. The van der Waals surface area contributed by atoms with E-state index < -0.39 is 0 Å². The molecule has 5 heteroatoms. The summed E-state index contributed by atoms with van der Waals surface area (Å²) in [5.41, 5.74) is 7.08. The van der Waals surface area contributed by atoms with E-state index in [4.69, 9.17) is 5.73 Å². The zero-order valence-electron chi connectivity index (χ0n) is 12.6. The molecule has 0 radical (unpaired) electrons. The molecule has 1 aromatic carbocycles. The van der Waals surface area contributed by atoms with Crippen LogP contribution in [0, 0.1) is 11.3 Å². The molecule has 114 valence electrons. The van der Waals surface area contributed by atoms with Gasteiger partial charge in [0.05, 0.1) is 5.41 Å². The summed E-state index contributed by atoms with van der Waals surface area (Å²) in [5, 5.41) is 5.76. The summed E-state index contributed by atoms with van der Waals surface area (Å²) in [6.07, 6.45) is 1.77. The molecule has 2 rings (SSSR count). The third-order valence-electron chi connectivity index (χ3n) is 3.92. The highest BCUT2D eigenvalue weighted by Crippen LogP contribution is 2.44. The molecular weight excluding hydrogens is 266 g/mol. The average molecular weight is 289 g/mol. The van der Waals surface area contributed by atoms with Gasteiger partial charge in [-0.15, -0.1) is 0 Å². The van der Waals surface area contributed by atoms with Gasteiger partial charge in [-0.1, -0.05) is 26.0 Å². The van der Waals surface area contributed by atoms with E-state index in [0.717, 1.165) is 24.1 Å². The second-order valence-corrected chi connectivity index (χ2v) is 6.01. The fraction of sp³-hybridized carbons (Fsp3) is 0.500. The van der Waals surface area contributed by atoms with Gasteiger partial charge in [0.1, 0.15) is 0 Å². The molecule has 0 atom stereocenters. The molecule has 0 heterocycles. The van der Waals surface area contributed by atoms with Gasteiger partial charge in [-0.2, -0.15) is 0 Å². The standard InChI is InChI=1S/C16H23N3O2/c1-11(2)14(20)19-13-5-3-12(4-6-13)9-18-15(21)16(10-17)7-8-16/h3-6,11H,7-10,17H2,1-2H3,(H,18,21)(H,19,20). The maximum Gasteiger partial charge on any atom is 0.227 e. The summed E-state index contributed by atoms with van der Waals surface area (Å²) in [5.74, 6) is -0.00757. The van der Waals surface area contributed by atoms with E-state index in [2.05, 4.69) is 10.6 Å². The van der Waals surface area contributed by atoms with Crippen molar-refractivity contribution in [2.24, 2.45) is 17.1 Å². The zero-order valence-corrected chi connectivity index (χ0v) is 12.6. The molecule has 0 aromatic heterocycles. The van der Waals surface area contributed by atoms with Crippen molar-refractivity contribution in [1.82, 2.24) is 5.32 Å². The van der Waals surface area contributed by atoms with Crippen LogP contribution in [-0.4, -0.2) is 18.4 Å². The maximum absolute atomic E-state index is 12.0. The largest absolute Gasteiger partial charge is 0.352 e. The number of nitrogens with one attached hydrogen (secondary N) is 2. The Morgan fingerprint density at radius 3 is 2.33 bits per heavy atom. The Kier molecular flexibility index (Phi) is 4.63. The van der Waals surface area contributed by atoms with Crippen LogP contribution in [-0.2, 0) is 16.1 Å². The lowest BCUT2D eigenvalue weighted by Gasteiger charge is -2.13. The van der Waals surface area contributed by atoms with Gasteiger partial charge < -0.3 is 16.4 Å². The lowest BCUT2D eigenvalue weighted by Crippen LogP contribution is -2.36. The van der Waals surface area contributed by atoms with E-state index >= 15 is 0 Å². The van der Waals surface area contributed by atoms with Crippen LogP contribution in [0.3, 0.4) is 0 Å². The van der Waals surface area contributed by atoms with E-state index in [9.17, 15) is 9.59 Å².